The average molecular weight is 279 g/mol. The van der Waals surface area contributed by atoms with Crippen LogP contribution in [-0.4, -0.2) is 23.8 Å². The minimum Gasteiger partial charge on any atom is -0.504 e. The van der Waals surface area contributed by atoms with Gasteiger partial charge >= 0.3 is 0 Å². The maximum Gasteiger partial charge on any atom is 0.200 e. The number of benzene rings is 1. The number of hydrogen-bond acceptors (Lipinski definition) is 5. The van der Waals surface area contributed by atoms with Gasteiger partial charge in [0.15, 0.2) is 11.5 Å². The number of phenolic OH excluding ortho intramolecular Hbond substituents is 2. The molecule has 0 spiro atoms. The van der Waals surface area contributed by atoms with Crippen LogP contribution in [0, 0.1) is 0 Å². The van der Waals surface area contributed by atoms with Crippen molar-refractivity contribution in [2.75, 3.05) is 13.6 Å². The Hall–Kier alpha value is -1.72. The summed E-state index contributed by atoms with van der Waals surface area (Å²) in [4.78, 5) is 1.10. The van der Waals surface area contributed by atoms with Gasteiger partial charge in [-0.05, 0) is 37.2 Å². The first-order valence-electron chi connectivity index (χ1n) is 6.08. The number of nitrogens with one attached hydrogen (secondary N) is 1. The quantitative estimate of drug-likeness (QED) is 0.712. The smallest absolute Gasteiger partial charge is 0.200 e. The van der Waals surface area contributed by atoms with Crippen LogP contribution >= 0.6 is 11.3 Å². The first-order chi connectivity index (χ1) is 9.22. The van der Waals surface area contributed by atoms with E-state index in [-0.39, 0.29) is 17.6 Å². The summed E-state index contributed by atoms with van der Waals surface area (Å²) >= 11 is 1.61. The molecule has 4 nitrogen and oxygen atoms in total. The van der Waals surface area contributed by atoms with Crippen molar-refractivity contribution in [3.63, 3.8) is 0 Å². The van der Waals surface area contributed by atoms with Crippen molar-refractivity contribution in [1.29, 1.82) is 0 Å². The average Bonchev–Trinajstić information content (AvgIpc) is 2.93. The van der Waals surface area contributed by atoms with Gasteiger partial charge < -0.3 is 20.3 Å². The van der Waals surface area contributed by atoms with Gasteiger partial charge in [-0.15, -0.1) is 11.3 Å². The Morgan fingerprint density at radius 2 is 2.11 bits per heavy atom. The molecule has 2 aromatic rings. The van der Waals surface area contributed by atoms with E-state index in [4.69, 9.17) is 4.74 Å². The molecule has 0 aliphatic carbocycles. The van der Waals surface area contributed by atoms with E-state index in [9.17, 15) is 10.2 Å². The molecule has 3 N–H and O–H groups in total. The summed E-state index contributed by atoms with van der Waals surface area (Å²) in [7, 11) is 1.89. The van der Waals surface area contributed by atoms with Crippen molar-refractivity contribution >= 4 is 11.3 Å². The highest BCUT2D eigenvalue weighted by molar-refractivity contribution is 7.10. The van der Waals surface area contributed by atoms with Crippen LogP contribution in [0.2, 0.25) is 0 Å². The maximum atomic E-state index is 9.78. The molecule has 0 bridgehead atoms. The van der Waals surface area contributed by atoms with Gasteiger partial charge in [-0.25, -0.2) is 0 Å². The number of aromatic hydroxyl groups is 2. The molecule has 102 valence electrons. The zero-order chi connectivity index (χ0) is 13.7. The Kier molecular flexibility index (Phi) is 4.65. The van der Waals surface area contributed by atoms with E-state index in [1.165, 1.54) is 6.07 Å². The number of hydrogen-bond donors (Lipinski definition) is 3. The third kappa shape index (κ3) is 3.39. The van der Waals surface area contributed by atoms with Crippen molar-refractivity contribution in [3.8, 4) is 17.2 Å². The highest BCUT2D eigenvalue weighted by Gasteiger charge is 2.17. The number of para-hydroxylation sites is 1. The fourth-order valence-corrected chi connectivity index (χ4v) is 2.56. The largest absolute Gasteiger partial charge is 0.504 e. The normalized spacial score (nSPS) is 12.3. The molecule has 1 aromatic heterocycles. The summed E-state index contributed by atoms with van der Waals surface area (Å²) < 4.78 is 5.83. The lowest BCUT2D eigenvalue weighted by molar-refractivity contribution is 0.189. The predicted octanol–water partition coefficient (Wildman–Crippen LogP) is 2.89. The Labute approximate surface area is 116 Å². The monoisotopic (exact) mass is 279 g/mol. The molecule has 1 unspecified atom stereocenters. The zero-order valence-electron chi connectivity index (χ0n) is 10.7. The lowest BCUT2D eigenvalue weighted by Gasteiger charge is -2.18. The minimum atomic E-state index is -0.214. The van der Waals surface area contributed by atoms with Crippen LogP contribution in [-0.2, 0) is 0 Å². The summed E-state index contributed by atoms with van der Waals surface area (Å²) in [6.07, 6.45) is 0.645. The molecule has 0 aliphatic rings. The molecule has 1 aromatic carbocycles. The predicted molar refractivity (Wildman–Crippen MR) is 76.0 cm³/mol. The number of rotatable bonds is 6. The number of ether oxygens (including phenoxy) is 1. The van der Waals surface area contributed by atoms with Crippen molar-refractivity contribution in [3.05, 3.63) is 40.6 Å². The maximum absolute atomic E-state index is 9.78. The van der Waals surface area contributed by atoms with Gasteiger partial charge in [-0.2, -0.15) is 0 Å². The number of thiophene rings is 1. The summed E-state index contributed by atoms with van der Waals surface area (Å²) in [5, 5.41) is 24.3. The van der Waals surface area contributed by atoms with Crippen molar-refractivity contribution in [2.45, 2.75) is 12.5 Å². The van der Waals surface area contributed by atoms with E-state index in [1.54, 1.807) is 23.5 Å². The SMILES string of the molecule is CNCCC(Oc1cccc(O)c1O)c1cccs1. The highest BCUT2D eigenvalue weighted by Crippen LogP contribution is 2.38. The second-order valence-corrected chi connectivity index (χ2v) is 5.12. The molecule has 5 heteroatoms. The molecule has 0 fully saturated rings. The second kappa shape index (κ2) is 6.45. The van der Waals surface area contributed by atoms with E-state index >= 15 is 0 Å². The van der Waals surface area contributed by atoms with Gasteiger partial charge in [0, 0.05) is 11.3 Å². The minimum absolute atomic E-state index is 0.139. The molecule has 0 saturated carbocycles. The van der Waals surface area contributed by atoms with Crippen LogP contribution in [0.1, 0.15) is 17.4 Å². The van der Waals surface area contributed by atoms with Gasteiger partial charge in [0.2, 0.25) is 5.75 Å². The van der Waals surface area contributed by atoms with Gasteiger partial charge in [0.25, 0.3) is 0 Å². The topological polar surface area (TPSA) is 61.7 Å². The van der Waals surface area contributed by atoms with Gasteiger partial charge in [-0.1, -0.05) is 12.1 Å². The van der Waals surface area contributed by atoms with Crippen LogP contribution in [0.15, 0.2) is 35.7 Å². The van der Waals surface area contributed by atoms with E-state index in [0.29, 0.717) is 5.75 Å². The molecule has 1 heterocycles. The van der Waals surface area contributed by atoms with Gasteiger partial charge in [0.1, 0.15) is 6.10 Å². The Morgan fingerprint density at radius 3 is 2.79 bits per heavy atom. The Balaban J connectivity index is 2.18. The first-order valence-corrected chi connectivity index (χ1v) is 6.96. The Morgan fingerprint density at radius 1 is 1.26 bits per heavy atom. The zero-order valence-corrected chi connectivity index (χ0v) is 11.5. The van der Waals surface area contributed by atoms with Gasteiger partial charge in [0.05, 0.1) is 0 Å². The summed E-state index contributed by atoms with van der Waals surface area (Å²) in [5.41, 5.74) is 0. The van der Waals surface area contributed by atoms with E-state index in [1.807, 2.05) is 24.6 Å². The lowest BCUT2D eigenvalue weighted by Crippen LogP contribution is -2.15. The van der Waals surface area contributed by atoms with Crippen LogP contribution in [0.25, 0.3) is 0 Å². The first kappa shape index (κ1) is 13.7. The van der Waals surface area contributed by atoms with Crippen molar-refractivity contribution in [1.82, 2.24) is 5.32 Å². The standard InChI is InChI=1S/C14H17NO3S/c1-15-8-7-11(13-6-3-9-19-13)18-12-5-2-4-10(16)14(12)17/h2-6,9,11,15-17H,7-8H2,1H3. The lowest BCUT2D eigenvalue weighted by atomic mass is 10.2. The molecule has 0 aliphatic heterocycles. The molecule has 19 heavy (non-hydrogen) atoms. The third-order valence-electron chi connectivity index (χ3n) is 2.76. The highest BCUT2D eigenvalue weighted by atomic mass is 32.1. The van der Waals surface area contributed by atoms with Crippen LogP contribution in [0.5, 0.6) is 17.2 Å². The van der Waals surface area contributed by atoms with E-state index in [0.717, 1.165) is 17.8 Å². The summed E-state index contributed by atoms with van der Waals surface area (Å²) in [6, 6.07) is 8.70. The van der Waals surface area contributed by atoms with E-state index in [2.05, 4.69) is 5.32 Å². The fourth-order valence-electron chi connectivity index (χ4n) is 1.77. The molecule has 1 atom stereocenters. The van der Waals surface area contributed by atoms with Crippen LogP contribution in [0.3, 0.4) is 0 Å². The van der Waals surface area contributed by atoms with Crippen molar-refractivity contribution in [2.24, 2.45) is 0 Å². The van der Waals surface area contributed by atoms with E-state index < -0.39 is 0 Å². The molecular formula is C14H17NO3S. The molecule has 0 saturated heterocycles. The molecular weight excluding hydrogens is 262 g/mol. The summed E-state index contributed by atoms with van der Waals surface area (Å²) in [6.45, 7) is 0.808. The van der Waals surface area contributed by atoms with Crippen molar-refractivity contribution < 1.29 is 14.9 Å². The van der Waals surface area contributed by atoms with Crippen LogP contribution < -0.4 is 10.1 Å². The number of phenols is 2. The second-order valence-electron chi connectivity index (χ2n) is 4.14. The third-order valence-corrected chi connectivity index (χ3v) is 3.73. The molecule has 0 amide bonds. The Bertz CT molecular complexity index is 513. The van der Waals surface area contributed by atoms with Gasteiger partial charge in [-0.3, -0.25) is 0 Å². The van der Waals surface area contributed by atoms with Crippen LogP contribution in [0.4, 0.5) is 0 Å². The molecule has 2 rings (SSSR count). The molecule has 0 radical (unpaired) electrons. The fraction of sp³-hybridized carbons (Fsp3) is 0.286. The summed E-state index contributed by atoms with van der Waals surface area (Å²) in [5.74, 6) is -0.0842.